The van der Waals surface area contributed by atoms with Gasteiger partial charge in [-0.15, -0.1) is 11.3 Å². The summed E-state index contributed by atoms with van der Waals surface area (Å²) in [7, 11) is 1.76. The Morgan fingerprint density at radius 2 is 2.40 bits per heavy atom. The minimum atomic E-state index is -0.263. The number of carbonyl (C=O) groups is 1. The van der Waals surface area contributed by atoms with Crippen LogP contribution in [0.2, 0.25) is 0 Å². The van der Waals surface area contributed by atoms with Crippen molar-refractivity contribution in [2.45, 2.75) is 45.1 Å². The second kappa shape index (κ2) is 7.04. The summed E-state index contributed by atoms with van der Waals surface area (Å²) in [6.45, 7) is 2.71. The van der Waals surface area contributed by atoms with Crippen molar-refractivity contribution in [3.63, 3.8) is 0 Å². The number of aliphatic hydroxyl groups is 1. The Hall–Kier alpha value is -1.14. The van der Waals surface area contributed by atoms with Gasteiger partial charge < -0.3 is 10.0 Å². The Balaban J connectivity index is 1.83. The highest BCUT2D eigenvalue weighted by atomic mass is 32.1. The Morgan fingerprint density at radius 1 is 1.60 bits per heavy atom. The maximum absolute atomic E-state index is 12.1. The van der Waals surface area contributed by atoms with Crippen molar-refractivity contribution in [2.75, 3.05) is 18.9 Å². The van der Waals surface area contributed by atoms with E-state index in [9.17, 15) is 9.90 Å². The zero-order valence-electron chi connectivity index (χ0n) is 12.1. The smallest absolute Gasteiger partial charge is 0.323 e. The van der Waals surface area contributed by atoms with Crippen molar-refractivity contribution < 1.29 is 9.90 Å². The van der Waals surface area contributed by atoms with Gasteiger partial charge in [0.1, 0.15) is 0 Å². The largest absolute Gasteiger partial charge is 0.393 e. The highest BCUT2D eigenvalue weighted by molar-refractivity contribution is 7.13. The van der Waals surface area contributed by atoms with Crippen LogP contribution < -0.4 is 5.32 Å². The summed E-state index contributed by atoms with van der Waals surface area (Å²) in [6, 6.07) is -0.151. The molecule has 0 bridgehead atoms. The highest BCUT2D eigenvalue weighted by Crippen LogP contribution is 2.26. The molecule has 0 aliphatic heterocycles. The fourth-order valence-corrected chi connectivity index (χ4v) is 3.32. The molecule has 2 atom stereocenters. The van der Waals surface area contributed by atoms with Crippen LogP contribution >= 0.6 is 11.3 Å². The van der Waals surface area contributed by atoms with Crippen LogP contribution in [0.1, 0.15) is 38.3 Å². The van der Waals surface area contributed by atoms with Crippen molar-refractivity contribution >= 4 is 22.5 Å². The monoisotopic (exact) mass is 297 g/mol. The number of nitrogens with zero attached hydrogens (tertiary/aromatic N) is 2. The molecular weight excluding hydrogens is 274 g/mol. The first-order valence-corrected chi connectivity index (χ1v) is 8.12. The Bertz CT molecular complexity index is 449. The van der Waals surface area contributed by atoms with Crippen molar-refractivity contribution in [1.29, 1.82) is 0 Å². The quantitative estimate of drug-likeness (QED) is 0.878. The van der Waals surface area contributed by atoms with Gasteiger partial charge in [0.15, 0.2) is 5.13 Å². The number of amides is 2. The number of nitrogens with one attached hydrogen (secondary N) is 1. The number of aliphatic hydroxyl groups excluding tert-OH is 1. The Labute approximate surface area is 124 Å². The lowest BCUT2D eigenvalue weighted by molar-refractivity contribution is 0.116. The summed E-state index contributed by atoms with van der Waals surface area (Å²) in [5.74, 6) is 0.206. The predicted octanol–water partition coefficient (Wildman–Crippen LogP) is 2.72. The molecule has 0 spiro atoms. The van der Waals surface area contributed by atoms with Gasteiger partial charge in [0, 0.05) is 24.9 Å². The number of aromatic nitrogens is 1. The summed E-state index contributed by atoms with van der Waals surface area (Å²) < 4.78 is 0. The molecule has 0 saturated heterocycles. The average molecular weight is 297 g/mol. The van der Waals surface area contributed by atoms with Gasteiger partial charge in [-0.2, -0.15) is 0 Å². The third-order valence-corrected chi connectivity index (χ3v) is 4.55. The van der Waals surface area contributed by atoms with E-state index < -0.39 is 0 Å². The normalized spacial score (nSPS) is 21.9. The van der Waals surface area contributed by atoms with Gasteiger partial charge in [-0.1, -0.05) is 19.8 Å². The standard InChI is InChI=1S/C14H23N3O2S/c1-3-5-11-9-20-13(15-11)16-14(19)17(2)8-10-6-4-7-12(10)18/h9-10,12,18H,3-8H2,1-2H3,(H,15,16,19). The van der Waals surface area contributed by atoms with Crippen molar-refractivity contribution in [3.05, 3.63) is 11.1 Å². The van der Waals surface area contributed by atoms with E-state index in [4.69, 9.17) is 0 Å². The molecule has 1 heterocycles. The maximum Gasteiger partial charge on any atom is 0.323 e. The van der Waals surface area contributed by atoms with E-state index in [1.807, 2.05) is 5.38 Å². The minimum absolute atomic E-state index is 0.151. The van der Waals surface area contributed by atoms with Gasteiger partial charge in [-0.05, 0) is 19.3 Å². The van der Waals surface area contributed by atoms with E-state index >= 15 is 0 Å². The first-order chi connectivity index (χ1) is 9.60. The molecule has 0 aromatic carbocycles. The summed E-state index contributed by atoms with van der Waals surface area (Å²) >= 11 is 1.46. The Morgan fingerprint density at radius 3 is 3.05 bits per heavy atom. The van der Waals surface area contributed by atoms with Crippen LogP contribution in [0, 0.1) is 5.92 Å². The van der Waals surface area contributed by atoms with Crippen molar-refractivity contribution in [1.82, 2.24) is 9.88 Å². The van der Waals surface area contributed by atoms with Crippen LogP contribution in [-0.4, -0.2) is 40.7 Å². The van der Waals surface area contributed by atoms with Gasteiger partial charge in [-0.25, -0.2) is 9.78 Å². The number of carbonyl (C=O) groups excluding carboxylic acids is 1. The summed E-state index contributed by atoms with van der Waals surface area (Å²) in [4.78, 5) is 18.1. The van der Waals surface area contributed by atoms with Crippen LogP contribution in [0.5, 0.6) is 0 Å². The molecule has 0 radical (unpaired) electrons. The van der Waals surface area contributed by atoms with Crippen LogP contribution in [0.15, 0.2) is 5.38 Å². The van der Waals surface area contributed by atoms with Crippen molar-refractivity contribution in [3.8, 4) is 0 Å². The first-order valence-electron chi connectivity index (χ1n) is 7.24. The van der Waals surface area contributed by atoms with Gasteiger partial charge >= 0.3 is 6.03 Å². The number of hydrogen-bond donors (Lipinski definition) is 2. The molecular formula is C14H23N3O2S. The summed E-state index contributed by atoms with van der Waals surface area (Å²) in [5, 5.41) is 15.3. The molecule has 5 nitrogen and oxygen atoms in total. The van der Waals surface area contributed by atoms with Gasteiger partial charge in [0.05, 0.1) is 11.8 Å². The Kier molecular flexibility index (Phi) is 5.37. The molecule has 1 aromatic heterocycles. The zero-order valence-corrected chi connectivity index (χ0v) is 12.9. The maximum atomic E-state index is 12.1. The van der Waals surface area contributed by atoms with E-state index in [0.29, 0.717) is 11.7 Å². The number of rotatable bonds is 5. The predicted molar refractivity (Wildman–Crippen MR) is 81.1 cm³/mol. The fraction of sp³-hybridized carbons (Fsp3) is 0.714. The van der Waals surface area contributed by atoms with Gasteiger partial charge in [0.2, 0.25) is 0 Å². The average Bonchev–Trinajstić information content (AvgIpc) is 3.00. The number of anilines is 1. The lowest BCUT2D eigenvalue weighted by Crippen LogP contribution is -2.37. The van der Waals surface area contributed by atoms with Crippen LogP contribution in [0.4, 0.5) is 9.93 Å². The topological polar surface area (TPSA) is 65.5 Å². The van der Waals surface area contributed by atoms with E-state index in [1.54, 1.807) is 11.9 Å². The summed E-state index contributed by atoms with van der Waals surface area (Å²) in [6.07, 6.45) is 4.63. The molecule has 2 amide bonds. The van der Waals surface area contributed by atoms with Gasteiger partial charge in [-0.3, -0.25) is 5.32 Å². The van der Waals surface area contributed by atoms with E-state index in [1.165, 1.54) is 11.3 Å². The number of aryl methyl sites for hydroxylation is 1. The van der Waals surface area contributed by atoms with Crippen LogP contribution in [0.3, 0.4) is 0 Å². The SMILES string of the molecule is CCCc1csc(NC(=O)N(C)CC2CCCC2O)n1. The van der Waals surface area contributed by atoms with E-state index in [2.05, 4.69) is 17.2 Å². The number of urea groups is 1. The molecule has 20 heavy (non-hydrogen) atoms. The lowest BCUT2D eigenvalue weighted by atomic mass is 10.1. The molecule has 1 aliphatic carbocycles. The second-order valence-electron chi connectivity index (χ2n) is 5.46. The molecule has 2 unspecified atom stereocenters. The third-order valence-electron chi connectivity index (χ3n) is 3.75. The molecule has 1 aliphatic rings. The fourth-order valence-electron chi connectivity index (χ4n) is 2.59. The number of hydrogen-bond acceptors (Lipinski definition) is 4. The highest BCUT2D eigenvalue weighted by Gasteiger charge is 2.27. The first kappa shape index (κ1) is 15.3. The molecule has 112 valence electrons. The van der Waals surface area contributed by atoms with Crippen molar-refractivity contribution in [2.24, 2.45) is 5.92 Å². The number of thiazole rings is 1. The lowest BCUT2D eigenvalue weighted by Gasteiger charge is -2.23. The van der Waals surface area contributed by atoms with E-state index in [-0.39, 0.29) is 18.1 Å². The molecule has 2 N–H and O–H groups in total. The second-order valence-corrected chi connectivity index (χ2v) is 6.32. The molecule has 1 aromatic rings. The van der Waals surface area contributed by atoms with Crippen LogP contribution in [-0.2, 0) is 6.42 Å². The molecule has 1 saturated carbocycles. The summed E-state index contributed by atoms with van der Waals surface area (Å²) in [5.41, 5.74) is 1.03. The van der Waals surface area contributed by atoms with Crippen LogP contribution in [0.25, 0.3) is 0 Å². The van der Waals surface area contributed by atoms with E-state index in [0.717, 1.165) is 37.8 Å². The molecule has 6 heteroatoms. The van der Waals surface area contributed by atoms with Gasteiger partial charge in [0.25, 0.3) is 0 Å². The minimum Gasteiger partial charge on any atom is -0.393 e. The molecule has 1 fully saturated rings. The third kappa shape index (κ3) is 3.93. The zero-order chi connectivity index (χ0) is 14.5. The molecule has 2 rings (SSSR count).